The SMILES string of the molecule is Cc1nc(CC(=O)NC2(C(F)F)CC2)c(C2OCCO2)c(N[C@H](C)c2cccc(C(F)(F)F)c2)n1. The van der Waals surface area contributed by atoms with Crippen molar-refractivity contribution in [2.24, 2.45) is 0 Å². The second-order valence-electron chi connectivity index (χ2n) is 8.72. The molecule has 1 aromatic heterocycles. The third kappa shape index (κ3) is 5.69. The zero-order valence-corrected chi connectivity index (χ0v) is 19.1. The fraction of sp³-hybridized carbons (Fsp3) is 0.522. The summed E-state index contributed by atoms with van der Waals surface area (Å²) in [5.74, 6) is -0.118. The monoisotopic (exact) mass is 500 g/mol. The number of benzene rings is 1. The molecule has 1 aliphatic heterocycles. The number of aromatic nitrogens is 2. The van der Waals surface area contributed by atoms with Gasteiger partial charge in [-0.05, 0) is 44.4 Å². The zero-order valence-electron chi connectivity index (χ0n) is 19.1. The maximum atomic E-state index is 13.3. The van der Waals surface area contributed by atoms with Gasteiger partial charge in [0.2, 0.25) is 5.91 Å². The first-order chi connectivity index (χ1) is 16.5. The van der Waals surface area contributed by atoms with Crippen LogP contribution < -0.4 is 10.6 Å². The van der Waals surface area contributed by atoms with Crippen molar-refractivity contribution >= 4 is 11.7 Å². The summed E-state index contributed by atoms with van der Waals surface area (Å²) in [5, 5.41) is 5.49. The van der Waals surface area contributed by atoms with Crippen molar-refractivity contribution in [2.75, 3.05) is 18.5 Å². The van der Waals surface area contributed by atoms with E-state index in [1.807, 2.05) is 0 Å². The van der Waals surface area contributed by atoms with E-state index in [2.05, 4.69) is 20.6 Å². The minimum atomic E-state index is -4.49. The van der Waals surface area contributed by atoms with Crippen molar-refractivity contribution in [1.82, 2.24) is 15.3 Å². The van der Waals surface area contributed by atoms with Gasteiger partial charge in [-0.25, -0.2) is 18.7 Å². The normalized spacial score (nSPS) is 18.5. The van der Waals surface area contributed by atoms with E-state index < -0.39 is 41.9 Å². The highest BCUT2D eigenvalue weighted by Gasteiger charge is 2.52. The molecule has 2 heterocycles. The van der Waals surface area contributed by atoms with E-state index in [0.717, 1.165) is 12.1 Å². The van der Waals surface area contributed by atoms with Crippen LogP contribution in [-0.2, 0) is 26.9 Å². The molecular formula is C23H25F5N4O3. The zero-order chi connectivity index (χ0) is 25.4. The van der Waals surface area contributed by atoms with E-state index in [9.17, 15) is 26.7 Å². The van der Waals surface area contributed by atoms with Gasteiger partial charge in [-0.1, -0.05) is 12.1 Å². The van der Waals surface area contributed by atoms with Crippen LogP contribution >= 0.6 is 0 Å². The average molecular weight is 500 g/mol. The predicted molar refractivity (Wildman–Crippen MR) is 115 cm³/mol. The second kappa shape index (κ2) is 9.65. The summed E-state index contributed by atoms with van der Waals surface area (Å²) in [4.78, 5) is 21.3. The fourth-order valence-electron chi connectivity index (χ4n) is 3.94. The van der Waals surface area contributed by atoms with Crippen LogP contribution in [0.25, 0.3) is 0 Å². The molecule has 2 fully saturated rings. The third-order valence-corrected chi connectivity index (χ3v) is 5.98. The van der Waals surface area contributed by atoms with Gasteiger partial charge in [0.15, 0.2) is 6.29 Å². The lowest BCUT2D eigenvalue weighted by Crippen LogP contribution is -2.43. The van der Waals surface area contributed by atoms with Crippen molar-refractivity contribution < 1.29 is 36.2 Å². The quantitative estimate of drug-likeness (QED) is 0.520. The van der Waals surface area contributed by atoms with E-state index in [4.69, 9.17) is 9.47 Å². The fourth-order valence-corrected chi connectivity index (χ4v) is 3.94. The maximum absolute atomic E-state index is 13.3. The van der Waals surface area contributed by atoms with E-state index in [1.54, 1.807) is 19.9 Å². The molecule has 2 aliphatic rings. The first-order valence-corrected chi connectivity index (χ1v) is 11.1. The molecule has 35 heavy (non-hydrogen) atoms. The molecule has 0 radical (unpaired) electrons. The van der Waals surface area contributed by atoms with Gasteiger partial charge in [-0.15, -0.1) is 0 Å². The van der Waals surface area contributed by atoms with Crippen LogP contribution in [0.3, 0.4) is 0 Å². The standard InChI is InChI=1S/C23H25F5N4O3/c1-12(14-4-3-5-15(10-14)23(26,27)28)29-19-18(20-34-8-9-35-20)16(30-13(2)31-19)11-17(33)32-22(6-7-22)21(24)25/h3-5,10,12,20-21H,6-9,11H2,1-2H3,(H,32,33)(H,29,30,31)/t12-/m1/s1. The first kappa shape index (κ1) is 25.2. The first-order valence-electron chi connectivity index (χ1n) is 11.1. The Morgan fingerprint density at radius 2 is 1.89 bits per heavy atom. The molecule has 1 aromatic carbocycles. The smallest absolute Gasteiger partial charge is 0.363 e. The Morgan fingerprint density at radius 3 is 2.49 bits per heavy atom. The number of halogens is 5. The van der Waals surface area contributed by atoms with Gasteiger partial charge in [0, 0.05) is 6.04 Å². The molecule has 0 bridgehead atoms. The van der Waals surface area contributed by atoms with Gasteiger partial charge in [0.1, 0.15) is 17.2 Å². The van der Waals surface area contributed by atoms with Crippen LogP contribution in [0.2, 0.25) is 0 Å². The molecule has 7 nitrogen and oxygen atoms in total. The minimum absolute atomic E-state index is 0.197. The molecule has 1 saturated heterocycles. The van der Waals surface area contributed by atoms with Crippen molar-refractivity contribution in [3.8, 4) is 0 Å². The Bertz CT molecular complexity index is 1090. The van der Waals surface area contributed by atoms with E-state index in [-0.39, 0.29) is 49.8 Å². The average Bonchev–Trinajstić information content (AvgIpc) is 3.36. The Labute approximate surface area is 198 Å². The van der Waals surface area contributed by atoms with Crippen molar-refractivity contribution in [1.29, 1.82) is 0 Å². The van der Waals surface area contributed by atoms with Crippen LogP contribution in [0, 0.1) is 6.92 Å². The minimum Gasteiger partial charge on any atom is -0.363 e. The highest BCUT2D eigenvalue weighted by molar-refractivity contribution is 5.80. The van der Waals surface area contributed by atoms with Crippen LogP contribution in [-0.4, -0.2) is 41.1 Å². The van der Waals surface area contributed by atoms with E-state index in [0.29, 0.717) is 11.1 Å². The molecule has 0 unspecified atom stereocenters. The van der Waals surface area contributed by atoms with Crippen molar-refractivity contribution in [3.63, 3.8) is 0 Å². The van der Waals surface area contributed by atoms with Crippen LogP contribution in [0.15, 0.2) is 24.3 Å². The molecule has 0 spiro atoms. The van der Waals surface area contributed by atoms with Crippen molar-refractivity contribution in [3.05, 3.63) is 52.5 Å². The van der Waals surface area contributed by atoms with Gasteiger partial charge in [0.25, 0.3) is 6.43 Å². The molecule has 2 N–H and O–H groups in total. The Morgan fingerprint density at radius 1 is 1.20 bits per heavy atom. The van der Waals surface area contributed by atoms with Crippen LogP contribution in [0.4, 0.5) is 27.8 Å². The lowest BCUT2D eigenvalue weighted by Gasteiger charge is -2.23. The van der Waals surface area contributed by atoms with Gasteiger partial charge in [0.05, 0.1) is 36.5 Å². The largest absolute Gasteiger partial charge is 0.416 e. The third-order valence-electron chi connectivity index (χ3n) is 5.98. The van der Waals surface area contributed by atoms with E-state index >= 15 is 0 Å². The summed E-state index contributed by atoms with van der Waals surface area (Å²) >= 11 is 0. The summed E-state index contributed by atoms with van der Waals surface area (Å²) in [5.41, 5.74) is -1.38. The Balaban J connectivity index is 1.63. The summed E-state index contributed by atoms with van der Waals surface area (Å²) < 4.78 is 77.3. The van der Waals surface area contributed by atoms with Gasteiger partial charge < -0.3 is 20.1 Å². The lowest BCUT2D eigenvalue weighted by molar-refractivity contribution is -0.137. The number of carbonyl (C=O) groups excluding carboxylic acids is 1. The number of carbonyl (C=O) groups is 1. The number of nitrogens with one attached hydrogen (secondary N) is 2. The molecule has 1 saturated carbocycles. The number of amides is 1. The maximum Gasteiger partial charge on any atom is 0.416 e. The number of hydrogen-bond donors (Lipinski definition) is 2. The number of anilines is 1. The number of aryl methyl sites for hydroxylation is 1. The van der Waals surface area contributed by atoms with Crippen LogP contribution in [0.1, 0.15) is 60.3 Å². The van der Waals surface area contributed by atoms with Gasteiger partial charge in [-0.3, -0.25) is 4.79 Å². The summed E-state index contributed by atoms with van der Waals surface area (Å²) in [7, 11) is 0. The summed E-state index contributed by atoms with van der Waals surface area (Å²) in [6, 6.07) is 4.29. The molecule has 1 aliphatic carbocycles. The highest BCUT2D eigenvalue weighted by atomic mass is 19.4. The summed E-state index contributed by atoms with van der Waals surface area (Å²) in [6.07, 6.45) is -8.01. The highest BCUT2D eigenvalue weighted by Crippen LogP contribution is 2.41. The molecule has 190 valence electrons. The van der Waals surface area contributed by atoms with Crippen LogP contribution in [0.5, 0.6) is 0 Å². The Kier molecular flexibility index (Phi) is 6.96. The van der Waals surface area contributed by atoms with Crippen molar-refractivity contribution in [2.45, 2.75) is 63.6 Å². The molecule has 4 rings (SSSR count). The van der Waals surface area contributed by atoms with Gasteiger partial charge in [-0.2, -0.15) is 13.2 Å². The second-order valence-corrected chi connectivity index (χ2v) is 8.72. The summed E-state index contributed by atoms with van der Waals surface area (Å²) in [6.45, 7) is 3.81. The number of ether oxygens (including phenoxy) is 2. The number of rotatable bonds is 8. The number of alkyl halides is 5. The predicted octanol–water partition coefficient (Wildman–Crippen LogP) is 4.48. The van der Waals surface area contributed by atoms with Gasteiger partial charge >= 0.3 is 6.18 Å². The Hall–Kier alpha value is -2.86. The molecule has 1 amide bonds. The molecular weight excluding hydrogens is 475 g/mol. The lowest BCUT2D eigenvalue weighted by atomic mass is 10.0. The topological polar surface area (TPSA) is 85.4 Å². The molecule has 2 aromatic rings. The van der Waals surface area contributed by atoms with E-state index in [1.165, 1.54) is 6.07 Å². The molecule has 12 heteroatoms. The number of hydrogen-bond acceptors (Lipinski definition) is 6. The number of nitrogens with zero attached hydrogens (tertiary/aromatic N) is 2. The molecule has 1 atom stereocenters.